The summed E-state index contributed by atoms with van der Waals surface area (Å²) in [5.41, 5.74) is 4.43. The molecule has 4 rings (SSSR count). The Kier molecular flexibility index (Phi) is 3.99. The molecule has 0 amide bonds. The van der Waals surface area contributed by atoms with Crippen molar-refractivity contribution in [3.05, 3.63) is 74.2 Å². The highest BCUT2D eigenvalue weighted by atomic mass is 79.9. The van der Waals surface area contributed by atoms with E-state index in [1.807, 2.05) is 12.1 Å². The van der Waals surface area contributed by atoms with Gasteiger partial charge in [-0.05, 0) is 70.6 Å². The Morgan fingerprint density at radius 1 is 1.13 bits per heavy atom. The lowest BCUT2D eigenvalue weighted by molar-refractivity contribution is 0.911. The lowest BCUT2D eigenvalue weighted by Crippen LogP contribution is -2.15. The van der Waals surface area contributed by atoms with E-state index in [0.717, 1.165) is 10.2 Å². The van der Waals surface area contributed by atoms with Gasteiger partial charge in [-0.15, -0.1) is 11.8 Å². The van der Waals surface area contributed by atoms with E-state index in [-0.39, 0.29) is 5.56 Å². The summed E-state index contributed by atoms with van der Waals surface area (Å²) < 4.78 is 2.43. The third-order valence-corrected chi connectivity index (χ3v) is 5.63. The molecule has 0 atom stereocenters. The smallest absolute Gasteiger partial charge is 0.258 e. The second-order valence-corrected chi connectivity index (χ2v) is 7.70. The van der Waals surface area contributed by atoms with E-state index in [1.165, 1.54) is 35.3 Å². The van der Waals surface area contributed by atoms with Crippen molar-refractivity contribution in [2.45, 2.75) is 29.9 Å². The zero-order valence-electron chi connectivity index (χ0n) is 12.5. The van der Waals surface area contributed by atoms with Gasteiger partial charge < -0.3 is 0 Å². The number of hydrogen-bond donors (Lipinski definition) is 0. The molecule has 0 radical (unpaired) electrons. The summed E-state index contributed by atoms with van der Waals surface area (Å²) in [5, 5.41) is 0. The lowest BCUT2D eigenvalue weighted by Gasteiger charge is -2.06. The van der Waals surface area contributed by atoms with Crippen molar-refractivity contribution >= 4 is 33.3 Å². The van der Waals surface area contributed by atoms with Crippen molar-refractivity contribution in [2.24, 2.45) is 0 Å². The molecule has 1 aromatic carbocycles. The molecule has 3 nitrogen and oxygen atoms in total. The van der Waals surface area contributed by atoms with Gasteiger partial charge in [0, 0.05) is 27.4 Å². The number of rotatable bonds is 3. The molecule has 2 heterocycles. The molecule has 5 heteroatoms. The first-order valence-corrected chi connectivity index (χ1v) is 9.39. The fourth-order valence-electron chi connectivity index (χ4n) is 3.00. The molecule has 3 aromatic rings. The predicted octanol–water partition coefficient (Wildman–Crippen LogP) is 4.24. The van der Waals surface area contributed by atoms with E-state index in [1.54, 1.807) is 28.4 Å². The highest BCUT2D eigenvalue weighted by Crippen LogP contribution is 2.29. The van der Waals surface area contributed by atoms with Crippen molar-refractivity contribution in [3.63, 3.8) is 0 Å². The normalized spacial score (nSPS) is 13.4. The van der Waals surface area contributed by atoms with E-state index >= 15 is 0 Å². The number of thioether (sulfide) groups is 1. The van der Waals surface area contributed by atoms with Crippen molar-refractivity contribution in [1.29, 1.82) is 0 Å². The molecule has 23 heavy (non-hydrogen) atoms. The van der Waals surface area contributed by atoms with Crippen LogP contribution in [0.1, 0.15) is 23.2 Å². The molecule has 2 aromatic heterocycles. The third kappa shape index (κ3) is 3.08. The van der Waals surface area contributed by atoms with Crippen LogP contribution < -0.4 is 5.56 Å². The van der Waals surface area contributed by atoms with Crippen LogP contribution in [0.15, 0.2) is 56.8 Å². The van der Waals surface area contributed by atoms with Crippen LogP contribution in [0.25, 0.3) is 5.65 Å². The summed E-state index contributed by atoms with van der Waals surface area (Å²) >= 11 is 5.12. The Morgan fingerprint density at radius 2 is 2.00 bits per heavy atom. The van der Waals surface area contributed by atoms with Crippen molar-refractivity contribution in [2.75, 3.05) is 0 Å². The SMILES string of the molecule is O=c1cc(CSc2ccc3c(c2)CCC3)nc2ccc(Br)cn12. The fraction of sp³-hybridized carbons (Fsp3) is 0.222. The lowest BCUT2D eigenvalue weighted by atomic mass is 10.1. The Morgan fingerprint density at radius 3 is 2.91 bits per heavy atom. The first kappa shape index (κ1) is 15.0. The Labute approximate surface area is 146 Å². The molecule has 0 N–H and O–H groups in total. The minimum absolute atomic E-state index is 0.0409. The summed E-state index contributed by atoms with van der Waals surface area (Å²) in [4.78, 5) is 18.0. The first-order valence-electron chi connectivity index (χ1n) is 7.61. The quantitative estimate of drug-likeness (QED) is 0.631. The van der Waals surface area contributed by atoms with Crippen LogP contribution in [0, 0.1) is 0 Å². The molecule has 0 bridgehead atoms. The zero-order valence-corrected chi connectivity index (χ0v) is 14.9. The summed E-state index contributed by atoms with van der Waals surface area (Å²) in [6.07, 6.45) is 5.41. The van der Waals surface area contributed by atoms with Crippen LogP contribution in [-0.2, 0) is 18.6 Å². The average Bonchev–Trinajstić information content (AvgIpc) is 3.01. The van der Waals surface area contributed by atoms with Gasteiger partial charge in [-0.2, -0.15) is 0 Å². The van der Waals surface area contributed by atoms with Gasteiger partial charge in [-0.1, -0.05) is 6.07 Å². The number of halogens is 1. The second-order valence-electron chi connectivity index (χ2n) is 5.73. The number of pyridine rings is 1. The van der Waals surface area contributed by atoms with Crippen molar-refractivity contribution < 1.29 is 0 Å². The number of aromatic nitrogens is 2. The van der Waals surface area contributed by atoms with E-state index in [0.29, 0.717) is 11.4 Å². The van der Waals surface area contributed by atoms with Crippen LogP contribution in [0.4, 0.5) is 0 Å². The Hall–Kier alpha value is -1.59. The average molecular weight is 387 g/mol. The van der Waals surface area contributed by atoms with Crippen LogP contribution >= 0.6 is 27.7 Å². The maximum atomic E-state index is 12.2. The van der Waals surface area contributed by atoms with Crippen LogP contribution in [-0.4, -0.2) is 9.38 Å². The van der Waals surface area contributed by atoms with Crippen molar-refractivity contribution in [3.8, 4) is 0 Å². The summed E-state index contributed by atoms with van der Waals surface area (Å²) in [5.74, 6) is 0.709. The predicted molar refractivity (Wildman–Crippen MR) is 97.2 cm³/mol. The maximum Gasteiger partial charge on any atom is 0.258 e. The summed E-state index contributed by atoms with van der Waals surface area (Å²) in [7, 11) is 0. The molecule has 0 aliphatic heterocycles. The Bertz CT molecular complexity index is 951. The van der Waals surface area contributed by atoms with Crippen LogP contribution in [0.3, 0.4) is 0 Å². The highest BCUT2D eigenvalue weighted by Gasteiger charge is 2.11. The first-order chi connectivity index (χ1) is 11.2. The van der Waals surface area contributed by atoms with E-state index in [2.05, 4.69) is 39.1 Å². The summed E-state index contributed by atoms with van der Waals surface area (Å²) in [6, 6.07) is 12.1. The molecule has 0 spiro atoms. The maximum absolute atomic E-state index is 12.2. The van der Waals surface area contributed by atoms with Crippen LogP contribution in [0.5, 0.6) is 0 Å². The molecule has 0 saturated heterocycles. The van der Waals surface area contributed by atoms with E-state index < -0.39 is 0 Å². The Balaban J connectivity index is 1.58. The number of benzene rings is 1. The third-order valence-electron chi connectivity index (χ3n) is 4.13. The number of fused-ring (bicyclic) bond motifs is 2. The molecular weight excluding hydrogens is 372 g/mol. The standard InChI is InChI=1S/C18H15BrN2OS/c19-14-5-7-17-20-15(9-18(22)21(17)10-14)11-23-16-6-4-12-2-1-3-13(12)8-16/h4-10H,1-3,11H2. The van der Waals surface area contributed by atoms with Gasteiger partial charge >= 0.3 is 0 Å². The number of aryl methyl sites for hydroxylation is 2. The van der Waals surface area contributed by atoms with Gasteiger partial charge in [-0.25, -0.2) is 4.98 Å². The molecule has 0 saturated carbocycles. The number of hydrogen-bond acceptors (Lipinski definition) is 3. The van der Waals surface area contributed by atoms with Gasteiger partial charge in [0.15, 0.2) is 0 Å². The van der Waals surface area contributed by atoms with Gasteiger partial charge in [0.25, 0.3) is 5.56 Å². The molecule has 0 fully saturated rings. The molecule has 116 valence electrons. The molecule has 1 aliphatic carbocycles. The van der Waals surface area contributed by atoms with Crippen molar-refractivity contribution in [1.82, 2.24) is 9.38 Å². The summed E-state index contributed by atoms with van der Waals surface area (Å²) in [6.45, 7) is 0. The minimum atomic E-state index is -0.0409. The molecule has 1 aliphatic rings. The minimum Gasteiger partial charge on any atom is -0.269 e. The number of nitrogens with zero attached hydrogens (tertiary/aromatic N) is 2. The molecular formula is C18H15BrN2OS. The van der Waals surface area contributed by atoms with Gasteiger partial charge in [0.05, 0.1) is 5.69 Å². The van der Waals surface area contributed by atoms with Crippen LogP contribution in [0.2, 0.25) is 0 Å². The molecule has 0 unspecified atom stereocenters. The van der Waals surface area contributed by atoms with Gasteiger partial charge in [0.2, 0.25) is 0 Å². The second kappa shape index (κ2) is 6.13. The monoisotopic (exact) mass is 386 g/mol. The van der Waals surface area contributed by atoms with Gasteiger partial charge in [-0.3, -0.25) is 9.20 Å². The highest BCUT2D eigenvalue weighted by molar-refractivity contribution is 9.10. The fourth-order valence-corrected chi connectivity index (χ4v) is 4.18. The topological polar surface area (TPSA) is 34.4 Å². The zero-order chi connectivity index (χ0) is 15.8. The van der Waals surface area contributed by atoms with E-state index in [9.17, 15) is 4.79 Å². The largest absolute Gasteiger partial charge is 0.269 e. The van der Waals surface area contributed by atoms with E-state index in [4.69, 9.17) is 0 Å². The van der Waals surface area contributed by atoms with Gasteiger partial charge in [0.1, 0.15) is 5.65 Å².